The number of morpholine rings is 1. The van der Waals surface area contributed by atoms with Crippen LogP contribution in [0.3, 0.4) is 0 Å². The van der Waals surface area contributed by atoms with Crippen molar-refractivity contribution in [2.24, 2.45) is 4.99 Å². The number of rotatable bonds is 10. The maximum Gasteiger partial charge on any atom is 0.191 e. The van der Waals surface area contributed by atoms with Gasteiger partial charge in [-0.3, -0.25) is 4.90 Å². The van der Waals surface area contributed by atoms with Gasteiger partial charge in [-0.1, -0.05) is 19.0 Å². The minimum atomic E-state index is -0.859. The molecule has 2 rings (SSSR count). The van der Waals surface area contributed by atoms with Gasteiger partial charge in [0.15, 0.2) is 11.7 Å². The summed E-state index contributed by atoms with van der Waals surface area (Å²) in [6, 6.07) is 2.00. The van der Waals surface area contributed by atoms with Crippen LogP contribution in [0.5, 0.6) is 0 Å². The molecule has 1 fully saturated rings. The molecule has 8 nitrogen and oxygen atoms in total. The van der Waals surface area contributed by atoms with Crippen LogP contribution in [-0.4, -0.2) is 72.7 Å². The molecule has 1 aliphatic rings. The first-order valence-corrected chi connectivity index (χ1v) is 10.5. The molecular weight excluding hydrogens is 358 g/mol. The smallest absolute Gasteiger partial charge is 0.191 e. The number of β-amino-alcohol motifs (C(OH)–C–C–N with tert-alkyl or cyclic N) is 1. The fraction of sp³-hybridized carbons (Fsp3) is 0.800. The van der Waals surface area contributed by atoms with Crippen LogP contribution in [0.2, 0.25) is 0 Å². The van der Waals surface area contributed by atoms with Crippen molar-refractivity contribution in [3.63, 3.8) is 0 Å². The molecule has 0 bridgehead atoms. The highest BCUT2D eigenvalue weighted by Crippen LogP contribution is 2.22. The van der Waals surface area contributed by atoms with E-state index in [4.69, 9.17) is 9.26 Å². The van der Waals surface area contributed by atoms with Crippen LogP contribution in [0, 0.1) is 0 Å². The first-order valence-electron chi connectivity index (χ1n) is 10.5. The van der Waals surface area contributed by atoms with E-state index in [1.165, 1.54) is 0 Å². The summed E-state index contributed by atoms with van der Waals surface area (Å²) in [6.07, 6.45) is 2.10. The molecule has 0 radical (unpaired) electrons. The molecule has 0 saturated carbocycles. The lowest BCUT2D eigenvalue weighted by molar-refractivity contribution is -0.0201. The molecule has 1 aliphatic heterocycles. The lowest BCUT2D eigenvalue weighted by atomic mass is 9.99. The minimum Gasteiger partial charge on any atom is -0.387 e. The van der Waals surface area contributed by atoms with Crippen molar-refractivity contribution in [2.45, 2.75) is 58.6 Å². The zero-order valence-corrected chi connectivity index (χ0v) is 17.8. The Morgan fingerprint density at radius 2 is 2.00 bits per heavy atom. The third-order valence-corrected chi connectivity index (χ3v) is 5.02. The zero-order valence-electron chi connectivity index (χ0n) is 17.8. The molecule has 0 spiro atoms. The summed E-state index contributed by atoms with van der Waals surface area (Å²) >= 11 is 0. The molecule has 2 heterocycles. The molecule has 160 valence electrons. The predicted molar refractivity (Wildman–Crippen MR) is 111 cm³/mol. The number of ether oxygens (including phenoxy) is 1. The first kappa shape index (κ1) is 22.6. The number of nitrogens with one attached hydrogen (secondary N) is 2. The quantitative estimate of drug-likeness (QED) is 0.410. The van der Waals surface area contributed by atoms with Gasteiger partial charge in [0, 0.05) is 44.7 Å². The summed E-state index contributed by atoms with van der Waals surface area (Å²) in [6.45, 7) is 13.5. The van der Waals surface area contributed by atoms with Crippen molar-refractivity contribution >= 4 is 5.96 Å². The Hall–Kier alpha value is -1.64. The third kappa shape index (κ3) is 7.41. The molecule has 1 aromatic heterocycles. The number of nitrogens with zero attached hydrogens (tertiary/aromatic N) is 3. The Balaban J connectivity index is 1.89. The van der Waals surface area contributed by atoms with Gasteiger partial charge in [-0.15, -0.1) is 0 Å². The number of aromatic nitrogens is 1. The van der Waals surface area contributed by atoms with Gasteiger partial charge in [0.25, 0.3) is 0 Å². The molecule has 0 aliphatic carbocycles. The summed E-state index contributed by atoms with van der Waals surface area (Å²) in [4.78, 5) is 6.80. The minimum absolute atomic E-state index is 0.408. The number of guanidine groups is 1. The Labute approximate surface area is 168 Å². The average Bonchev–Trinajstić information content (AvgIpc) is 3.14. The normalized spacial score (nSPS) is 18.3. The lowest BCUT2D eigenvalue weighted by Crippen LogP contribution is -2.52. The van der Waals surface area contributed by atoms with Gasteiger partial charge in [0.1, 0.15) is 6.54 Å². The highest BCUT2D eigenvalue weighted by molar-refractivity contribution is 5.79. The van der Waals surface area contributed by atoms with Crippen LogP contribution in [0.4, 0.5) is 0 Å². The van der Waals surface area contributed by atoms with E-state index < -0.39 is 5.60 Å². The standard InChI is InChI=1S/C20H37N5O3/c1-5-16(6-2)18-12-17(28-24-18)13-22-19(21-7-3)23-14-20(4,26)15-25-8-10-27-11-9-25/h12,16,26H,5-11,13-15H2,1-4H3,(H2,21,22,23). The van der Waals surface area contributed by atoms with E-state index in [-0.39, 0.29) is 0 Å². The summed E-state index contributed by atoms with van der Waals surface area (Å²) < 4.78 is 10.8. The topological polar surface area (TPSA) is 95.2 Å². The molecule has 1 aromatic rings. The van der Waals surface area contributed by atoms with E-state index in [9.17, 15) is 5.11 Å². The highest BCUT2D eigenvalue weighted by atomic mass is 16.5. The molecule has 8 heteroatoms. The SMILES string of the molecule is CCNC(=NCc1cc(C(CC)CC)no1)NCC(C)(O)CN1CCOCC1. The van der Waals surface area contributed by atoms with Crippen molar-refractivity contribution in [3.8, 4) is 0 Å². The monoisotopic (exact) mass is 395 g/mol. The van der Waals surface area contributed by atoms with E-state index >= 15 is 0 Å². The Morgan fingerprint density at radius 3 is 2.64 bits per heavy atom. The Bertz CT molecular complexity index is 592. The van der Waals surface area contributed by atoms with Crippen LogP contribution in [0.25, 0.3) is 0 Å². The molecule has 0 aromatic carbocycles. The van der Waals surface area contributed by atoms with Crippen molar-refractivity contribution in [1.82, 2.24) is 20.7 Å². The fourth-order valence-corrected chi connectivity index (χ4v) is 3.37. The van der Waals surface area contributed by atoms with Gasteiger partial charge in [-0.05, 0) is 26.7 Å². The van der Waals surface area contributed by atoms with Crippen molar-refractivity contribution < 1.29 is 14.4 Å². The number of hydrogen-bond donors (Lipinski definition) is 3. The van der Waals surface area contributed by atoms with Crippen LogP contribution in [0.1, 0.15) is 57.9 Å². The largest absolute Gasteiger partial charge is 0.387 e. The molecule has 3 N–H and O–H groups in total. The van der Waals surface area contributed by atoms with Crippen molar-refractivity contribution in [1.29, 1.82) is 0 Å². The van der Waals surface area contributed by atoms with Crippen molar-refractivity contribution in [2.75, 3.05) is 45.9 Å². The lowest BCUT2D eigenvalue weighted by Gasteiger charge is -2.34. The maximum atomic E-state index is 10.7. The van der Waals surface area contributed by atoms with E-state index in [0.717, 1.165) is 57.1 Å². The third-order valence-electron chi connectivity index (χ3n) is 5.02. The maximum absolute atomic E-state index is 10.7. The summed E-state index contributed by atoms with van der Waals surface area (Å²) in [7, 11) is 0. The van der Waals surface area contributed by atoms with E-state index in [2.05, 4.69) is 39.5 Å². The highest BCUT2D eigenvalue weighted by Gasteiger charge is 2.25. The van der Waals surface area contributed by atoms with Gasteiger partial charge < -0.3 is 25.0 Å². The van der Waals surface area contributed by atoms with Crippen LogP contribution >= 0.6 is 0 Å². The first-order chi connectivity index (χ1) is 13.5. The van der Waals surface area contributed by atoms with E-state index in [0.29, 0.717) is 31.5 Å². The van der Waals surface area contributed by atoms with Gasteiger partial charge >= 0.3 is 0 Å². The van der Waals surface area contributed by atoms with Gasteiger partial charge in [-0.25, -0.2) is 4.99 Å². The Kier molecular flexibility index (Phi) is 9.21. The number of aliphatic hydroxyl groups is 1. The summed E-state index contributed by atoms with van der Waals surface area (Å²) in [5.41, 5.74) is 0.143. The zero-order chi connectivity index (χ0) is 20.4. The molecule has 28 heavy (non-hydrogen) atoms. The second kappa shape index (κ2) is 11.4. The van der Waals surface area contributed by atoms with E-state index in [1.807, 2.05) is 19.9 Å². The molecule has 0 amide bonds. The molecule has 1 saturated heterocycles. The van der Waals surface area contributed by atoms with Crippen molar-refractivity contribution in [3.05, 3.63) is 17.5 Å². The number of hydrogen-bond acceptors (Lipinski definition) is 6. The summed E-state index contributed by atoms with van der Waals surface area (Å²) in [5.74, 6) is 1.84. The summed E-state index contributed by atoms with van der Waals surface area (Å²) in [5, 5.41) is 21.4. The second-order valence-corrected chi connectivity index (χ2v) is 7.67. The average molecular weight is 396 g/mol. The fourth-order valence-electron chi connectivity index (χ4n) is 3.37. The van der Waals surface area contributed by atoms with E-state index in [1.54, 1.807) is 0 Å². The molecule has 1 unspecified atom stereocenters. The predicted octanol–water partition coefficient (Wildman–Crippen LogP) is 1.72. The molecular formula is C20H37N5O3. The second-order valence-electron chi connectivity index (χ2n) is 7.67. The van der Waals surface area contributed by atoms with Crippen LogP contribution < -0.4 is 10.6 Å². The Morgan fingerprint density at radius 1 is 1.29 bits per heavy atom. The van der Waals surface area contributed by atoms with Crippen LogP contribution in [-0.2, 0) is 11.3 Å². The van der Waals surface area contributed by atoms with Gasteiger partial charge in [0.05, 0.1) is 24.5 Å². The van der Waals surface area contributed by atoms with Gasteiger partial charge in [-0.2, -0.15) is 0 Å². The molecule has 1 atom stereocenters. The number of aliphatic imine (C=N–C) groups is 1. The van der Waals surface area contributed by atoms with Crippen LogP contribution in [0.15, 0.2) is 15.6 Å². The van der Waals surface area contributed by atoms with Gasteiger partial charge in [0.2, 0.25) is 0 Å².